The third-order valence-electron chi connectivity index (χ3n) is 6.90. The van der Waals surface area contributed by atoms with Crippen LogP contribution in [0.5, 0.6) is 0 Å². The molecule has 1 aromatic heterocycles. The summed E-state index contributed by atoms with van der Waals surface area (Å²) in [5.74, 6) is -0.642. The molecule has 1 aliphatic rings. The number of carbonyl (C=O) groups is 1. The predicted molar refractivity (Wildman–Crippen MR) is 147 cm³/mol. The minimum atomic E-state index is -3.96. The van der Waals surface area contributed by atoms with Crippen LogP contribution in [-0.4, -0.2) is 56.9 Å². The van der Waals surface area contributed by atoms with Gasteiger partial charge in [-0.2, -0.15) is 4.31 Å². The average molecular weight is 553 g/mol. The molecule has 0 aliphatic carbocycles. The summed E-state index contributed by atoms with van der Waals surface area (Å²) in [6.45, 7) is 0.679. The van der Waals surface area contributed by atoms with Crippen LogP contribution in [0.3, 0.4) is 0 Å². The molecule has 9 heteroatoms. The van der Waals surface area contributed by atoms with Crippen molar-refractivity contribution in [3.63, 3.8) is 0 Å². The number of nitrogens with zero attached hydrogens (tertiary/aromatic N) is 2. The van der Waals surface area contributed by atoms with Crippen LogP contribution in [0.25, 0.3) is 10.8 Å². The highest BCUT2D eigenvalue weighted by Crippen LogP contribution is 2.38. The van der Waals surface area contributed by atoms with Crippen molar-refractivity contribution in [1.29, 1.82) is 0 Å². The lowest BCUT2D eigenvalue weighted by Gasteiger charge is -2.37. The standard InChI is InChI=1S/C29H29FN2O4S2/c1-36-17-4-15-31(38(34,35)25-12-9-21-5-2-3-6-23(21)19-25)20-28(33)32-16-13-27-26(14-18-37-27)29(32)22-7-10-24(30)11-8-22/h2-3,5-12,14,18-19,29H,4,13,15-17,20H2,1H3/t29-/m1/s1. The van der Waals surface area contributed by atoms with E-state index in [0.717, 1.165) is 21.9 Å². The lowest BCUT2D eigenvalue weighted by Crippen LogP contribution is -2.47. The van der Waals surface area contributed by atoms with E-state index in [1.165, 1.54) is 21.3 Å². The van der Waals surface area contributed by atoms with Crippen LogP contribution in [0.4, 0.5) is 4.39 Å². The van der Waals surface area contributed by atoms with Gasteiger partial charge in [0.05, 0.1) is 17.5 Å². The molecule has 1 aliphatic heterocycles. The summed E-state index contributed by atoms with van der Waals surface area (Å²) in [6, 6.07) is 20.3. The Labute approximate surface area is 226 Å². The topological polar surface area (TPSA) is 66.9 Å². The predicted octanol–water partition coefficient (Wildman–Crippen LogP) is 5.24. The maximum Gasteiger partial charge on any atom is 0.243 e. The van der Waals surface area contributed by atoms with Gasteiger partial charge in [0.15, 0.2) is 0 Å². The molecule has 5 rings (SSSR count). The van der Waals surface area contributed by atoms with Gasteiger partial charge < -0.3 is 9.64 Å². The molecule has 1 amide bonds. The zero-order valence-corrected chi connectivity index (χ0v) is 22.7. The monoisotopic (exact) mass is 552 g/mol. The van der Waals surface area contributed by atoms with E-state index in [-0.39, 0.29) is 29.7 Å². The number of thiophene rings is 1. The third-order valence-corrected chi connectivity index (χ3v) is 9.74. The number of halogens is 1. The zero-order valence-electron chi connectivity index (χ0n) is 21.0. The number of rotatable bonds is 9. The Hall–Kier alpha value is -3.11. The molecule has 0 saturated heterocycles. The summed E-state index contributed by atoms with van der Waals surface area (Å²) in [7, 11) is -2.40. The van der Waals surface area contributed by atoms with Crippen LogP contribution < -0.4 is 0 Å². The van der Waals surface area contributed by atoms with E-state index in [2.05, 4.69) is 0 Å². The Kier molecular flexibility index (Phi) is 7.90. The molecule has 198 valence electrons. The molecule has 0 fully saturated rings. The lowest BCUT2D eigenvalue weighted by molar-refractivity contribution is -0.133. The van der Waals surface area contributed by atoms with E-state index in [9.17, 15) is 17.6 Å². The minimum Gasteiger partial charge on any atom is -0.385 e. The van der Waals surface area contributed by atoms with Crippen molar-refractivity contribution in [2.24, 2.45) is 0 Å². The molecule has 2 heterocycles. The fourth-order valence-electron chi connectivity index (χ4n) is 4.98. The normalized spacial score (nSPS) is 15.7. The summed E-state index contributed by atoms with van der Waals surface area (Å²) in [6.07, 6.45) is 1.14. The summed E-state index contributed by atoms with van der Waals surface area (Å²) >= 11 is 1.64. The molecule has 0 spiro atoms. The Morgan fingerprint density at radius 2 is 1.84 bits per heavy atom. The molecule has 38 heavy (non-hydrogen) atoms. The Bertz CT molecular complexity index is 1540. The number of carbonyl (C=O) groups excluding carboxylic acids is 1. The minimum absolute atomic E-state index is 0.146. The second-order valence-electron chi connectivity index (χ2n) is 9.28. The van der Waals surface area contributed by atoms with Gasteiger partial charge in [-0.1, -0.05) is 42.5 Å². The molecular weight excluding hydrogens is 523 g/mol. The van der Waals surface area contributed by atoms with Crippen molar-refractivity contribution in [2.75, 3.05) is 33.4 Å². The van der Waals surface area contributed by atoms with E-state index in [1.54, 1.807) is 53.7 Å². The van der Waals surface area contributed by atoms with Crippen LogP contribution in [0, 0.1) is 5.82 Å². The number of benzene rings is 3. The van der Waals surface area contributed by atoms with E-state index < -0.39 is 16.1 Å². The van der Waals surface area contributed by atoms with Crippen molar-refractivity contribution < 1.29 is 22.3 Å². The number of hydrogen-bond acceptors (Lipinski definition) is 5. The molecule has 0 radical (unpaired) electrons. The van der Waals surface area contributed by atoms with Gasteiger partial charge in [-0.05, 0) is 70.5 Å². The van der Waals surface area contributed by atoms with Gasteiger partial charge in [0.2, 0.25) is 15.9 Å². The summed E-state index contributed by atoms with van der Waals surface area (Å²) < 4.78 is 47.7. The van der Waals surface area contributed by atoms with Crippen molar-refractivity contribution >= 4 is 38.0 Å². The second kappa shape index (κ2) is 11.3. The van der Waals surface area contributed by atoms with E-state index in [0.29, 0.717) is 26.0 Å². The lowest BCUT2D eigenvalue weighted by atomic mass is 9.93. The molecular formula is C29H29FN2O4S2. The fraction of sp³-hybridized carbons (Fsp3) is 0.276. The smallest absolute Gasteiger partial charge is 0.243 e. The first-order valence-electron chi connectivity index (χ1n) is 12.5. The number of fused-ring (bicyclic) bond motifs is 2. The first kappa shape index (κ1) is 26.5. The number of sulfonamides is 1. The van der Waals surface area contributed by atoms with Crippen molar-refractivity contribution in [2.45, 2.75) is 23.8 Å². The largest absolute Gasteiger partial charge is 0.385 e. The first-order valence-corrected chi connectivity index (χ1v) is 14.8. The highest BCUT2D eigenvalue weighted by Gasteiger charge is 2.35. The SMILES string of the molecule is COCCCN(CC(=O)N1CCc2sccc2[C@H]1c1ccc(F)cc1)S(=O)(=O)c1ccc2ccccc2c1. The second-order valence-corrected chi connectivity index (χ2v) is 12.2. The van der Waals surface area contributed by atoms with Crippen LogP contribution in [0.1, 0.15) is 28.5 Å². The fourth-order valence-corrected chi connectivity index (χ4v) is 7.35. The Morgan fingerprint density at radius 1 is 1.08 bits per heavy atom. The van der Waals surface area contributed by atoms with Crippen LogP contribution >= 0.6 is 11.3 Å². The van der Waals surface area contributed by atoms with Crippen LogP contribution in [0.15, 0.2) is 83.1 Å². The highest BCUT2D eigenvalue weighted by molar-refractivity contribution is 7.89. The molecule has 0 bridgehead atoms. The Morgan fingerprint density at radius 3 is 2.61 bits per heavy atom. The highest BCUT2D eigenvalue weighted by atomic mass is 32.2. The van der Waals surface area contributed by atoms with Crippen molar-refractivity contribution in [3.05, 3.63) is 100.0 Å². The van der Waals surface area contributed by atoms with Gasteiger partial charge >= 0.3 is 0 Å². The van der Waals surface area contributed by atoms with Gasteiger partial charge in [-0.3, -0.25) is 4.79 Å². The van der Waals surface area contributed by atoms with Gasteiger partial charge in [-0.25, -0.2) is 12.8 Å². The summed E-state index contributed by atoms with van der Waals surface area (Å²) in [5, 5.41) is 3.75. The molecule has 4 aromatic rings. The van der Waals surface area contributed by atoms with Gasteiger partial charge in [0, 0.05) is 31.7 Å². The molecule has 3 aromatic carbocycles. The van der Waals surface area contributed by atoms with Gasteiger partial charge in [-0.15, -0.1) is 11.3 Å². The van der Waals surface area contributed by atoms with E-state index in [4.69, 9.17) is 4.74 Å². The third kappa shape index (κ3) is 5.37. The van der Waals surface area contributed by atoms with E-state index >= 15 is 0 Å². The van der Waals surface area contributed by atoms with Gasteiger partial charge in [0.25, 0.3) is 0 Å². The Balaban J connectivity index is 1.46. The molecule has 0 saturated carbocycles. The maximum atomic E-state index is 13.8. The number of hydrogen-bond donors (Lipinski definition) is 0. The maximum absolute atomic E-state index is 13.8. The molecule has 1 atom stereocenters. The quantitative estimate of drug-likeness (QED) is 0.266. The van der Waals surface area contributed by atoms with Crippen molar-refractivity contribution in [3.8, 4) is 0 Å². The summed E-state index contributed by atoms with van der Waals surface area (Å²) in [4.78, 5) is 16.9. The van der Waals surface area contributed by atoms with Crippen molar-refractivity contribution in [1.82, 2.24) is 9.21 Å². The van der Waals surface area contributed by atoms with Crippen LogP contribution in [0.2, 0.25) is 0 Å². The zero-order chi connectivity index (χ0) is 26.7. The molecule has 0 unspecified atom stereocenters. The number of amides is 1. The van der Waals surface area contributed by atoms with E-state index in [1.807, 2.05) is 35.7 Å². The van der Waals surface area contributed by atoms with Crippen LogP contribution in [-0.2, 0) is 26.0 Å². The number of ether oxygens (including phenoxy) is 1. The summed E-state index contributed by atoms with van der Waals surface area (Å²) in [5.41, 5.74) is 1.80. The molecule has 0 N–H and O–H groups in total. The van der Waals surface area contributed by atoms with Gasteiger partial charge in [0.1, 0.15) is 5.82 Å². The average Bonchev–Trinajstić information content (AvgIpc) is 3.41. The number of methoxy groups -OCH3 is 1. The first-order chi connectivity index (χ1) is 18.4. The molecule has 6 nitrogen and oxygen atoms in total.